The molecule has 0 saturated carbocycles. The molecule has 5 nitrogen and oxygen atoms in total. The van der Waals surface area contributed by atoms with Gasteiger partial charge >= 0.3 is 0 Å². The van der Waals surface area contributed by atoms with Crippen molar-refractivity contribution in [3.05, 3.63) is 53.1 Å². The Morgan fingerprint density at radius 1 is 0.938 bits per heavy atom. The SMILES string of the molecule is COc1cc(C(C=O)CCCN(C)CCCc2ccccc2)c(C(C)C)c(OC)c1OC. The molecule has 1 unspecified atom stereocenters. The lowest BCUT2D eigenvalue weighted by atomic mass is 9.85. The average Bonchev–Trinajstić information content (AvgIpc) is 2.80. The van der Waals surface area contributed by atoms with Crippen LogP contribution < -0.4 is 14.2 Å². The second-order valence-corrected chi connectivity index (χ2v) is 8.58. The number of hydrogen-bond acceptors (Lipinski definition) is 5. The first-order chi connectivity index (χ1) is 15.5. The molecule has 0 N–H and O–H groups in total. The third kappa shape index (κ3) is 6.73. The van der Waals surface area contributed by atoms with Crippen LogP contribution in [0.5, 0.6) is 17.2 Å². The number of carbonyl (C=O) groups excluding carboxylic acids is 1. The summed E-state index contributed by atoms with van der Waals surface area (Å²) in [6.45, 7) is 6.22. The van der Waals surface area contributed by atoms with Gasteiger partial charge in [-0.15, -0.1) is 0 Å². The molecular weight excluding hydrogens is 402 g/mol. The van der Waals surface area contributed by atoms with Crippen LogP contribution in [-0.4, -0.2) is 52.7 Å². The van der Waals surface area contributed by atoms with Gasteiger partial charge in [0.2, 0.25) is 5.75 Å². The second kappa shape index (κ2) is 13.1. The van der Waals surface area contributed by atoms with E-state index in [1.165, 1.54) is 5.56 Å². The van der Waals surface area contributed by atoms with Crippen LogP contribution in [0.15, 0.2) is 36.4 Å². The Balaban J connectivity index is 2.04. The van der Waals surface area contributed by atoms with Gasteiger partial charge in [-0.2, -0.15) is 0 Å². The summed E-state index contributed by atoms with van der Waals surface area (Å²) in [6, 6.07) is 12.5. The highest BCUT2D eigenvalue weighted by atomic mass is 16.5. The number of methoxy groups -OCH3 is 3. The van der Waals surface area contributed by atoms with Crippen molar-refractivity contribution in [2.24, 2.45) is 0 Å². The monoisotopic (exact) mass is 441 g/mol. The van der Waals surface area contributed by atoms with Gasteiger partial charge in [-0.1, -0.05) is 44.2 Å². The fraction of sp³-hybridized carbons (Fsp3) is 0.519. The van der Waals surface area contributed by atoms with E-state index < -0.39 is 0 Å². The van der Waals surface area contributed by atoms with Gasteiger partial charge < -0.3 is 23.9 Å². The Morgan fingerprint density at radius 3 is 2.16 bits per heavy atom. The van der Waals surface area contributed by atoms with Gasteiger partial charge in [0.1, 0.15) is 6.29 Å². The van der Waals surface area contributed by atoms with Gasteiger partial charge in [-0.25, -0.2) is 0 Å². The molecule has 2 rings (SSSR count). The van der Waals surface area contributed by atoms with Crippen LogP contribution in [0.25, 0.3) is 0 Å². The average molecular weight is 442 g/mol. The molecule has 0 aliphatic rings. The first-order valence-electron chi connectivity index (χ1n) is 11.5. The highest BCUT2D eigenvalue weighted by Crippen LogP contribution is 2.47. The van der Waals surface area contributed by atoms with Gasteiger partial charge in [0, 0.05) is 11.5 Å². The van der Waals surface area contributed by atoms with E-state index in [4.69, 9.17) is 14.2 Å². The van der Waals surface area contributed by atoms with Gasteiger partial charge in [-0.05, 0) is 68.9 Å². The molecule has 0 fully saturated rings. The molecule has 0 saturated heterocycles. The number of aryl methyl sites for hydroxylation is 1. The minimum absolute atomic E-state index is 0.183. The maximum absolute atomic E-state index is 12.1. The molecule has 2 aromatic carbocycles. The highest BCUT2D eigenvalue weighted by Gasteiger charge is 2.26. The van der Waals surface area contributed by atoms with Gasteiger partial charge in [0.15, 0.2) is 11.5 Å². The molecule has 1 atom stereocenters. The molecule has 0 radical (unpaired) electrons. The van der Waals surface area contributed by atoms with Crippen LogP contribution >= 0.6 is 0 Å². The van der Waals surface area contributed by atoms with Crippen molar-refractivity contribution >= 4 is 6.29 Å². The topological polar surface area (TPSA) is 48.0 Å². The predicted octanol–water partition coefficient (Wildman–Crippen LogP) is 5.46. The zero-order valence-electron chi connectivity index (χ0n) is 20.5. The third-order valence-electron chi connectivity index (χ3n) is 5.94. The summed E-state index contributed by atoms with van der Waals surface area (Å²) in [5.74, 6) is 1.79. The van der Waals surface area contributed by atoms with E-state index in [1.54, 1.807) is 21.3 Å². The summed E-state index contributed by atoms with van der Waals surface area (Å²) in [4.78, 5) is 14.5. The van der Waals surface area contributed by atoms with Crippen LogP contribution in [0.4, 0.5) is 0 Å². The molecule has 0 aliphatic heterocycles. The number of hydrogen-bond donors (Lipinski definition) is 0. The van der Waals surface area contributed by atoms with E-state index >= 15 is 0 Å². The summed E-state index contributed by atoms with van der Waals surface area (Å²) < 4.78 is 16.8. The molecule has 0 aliphatic carbocycles. The molecule has 0 aromatic heterocycles. The smallest absolute Gasteiger partial charge is 0.203 e. The summed E-state index contributed by atoms with van der Waals surface area (Å²) in [5, 5.41) is 0. The summed E-state index contributed by atoms with van der Waals surface area (Å²) >= 11 is 0. The Bertz CT molecular complexity index is 835. The van der Waals surface area contributed by atoms with Crippen molar-refractivity contribution in [2.75, 3.05) is 41.5 Å². The second-order valence-electron chi connectivity index (χ2n) is 8.58. The van der Waals surface area contributed by atoms with Crippen LogP contribution in [0, 0.1) is 0 Å². The molecule has 2 aromatic rings. The van der Waals surface area contributed by atoms with Crippen LogP contribution in [-0.2, 0) is 11.2 Å². The maximum atomic E-state index is 12.1. The number of benzene rings is 2. The van der Waals surface area contributed by atoms with Crippen molar-refractivity contribution in [2.45, 2.75) is 51.4 Å². The molecule has 0 spiro atoms. The number of rotatable bonds is 14. The van der Waals surface area contributed by atoms with E-state index in [9.17, 15) is 4.79 Å². The number of ether oxygens (including phenoxy) is 3. The van der Waals surface area contributed by atoms with Crippen molar-refractivity contribution in [3.8, 4) is 17.2 Å². The fourth-order valence-electron chi connectivity index (χ4n) is 4.29. The fourth-order valence-corrected chi connectivity index (χ4v) is 4.29. The van der Waals surface area contributed by atoms with Crippen LogP contribution in [0.2, 0.25) is 0 Å². The molecular formula is C27H39NO4. The molecule has 5 heteroatoms. The quantitative estimate of drug-likeness (QED) is 0.364. The minimum atomic E-state index is -0.209. The van der Waals surface area contributed by atoms with E-state index in [2.05, 4.69) is 56.1 Å². The van der Waals surface area contributed by atoms with E-state index in [0.717, 1.165) is 56.2 Å². The number of aldehydes is 1. The van der Waals surface area contributed by atoms with Gasteiger partial charge in [0.25, 0.3) is 0 Å². The lowest BCUT2D eigenvalue weighted by molar-refractivity contribution is -0.109. The summed E-state index contributed by atoms with van der Waals surface area (Å²) in [5.41, 5.74) is 3.36. The molecule has 176 valence electrons. The third-order valence-corrected chi connectivity index (χ3v) is 5.94. The molecule has 0 amide bonds. The molecule has 32 heavy (non-hydrogen) atoms. The van der Waals surface area contributed by atoms with Crippen molar-refractivity contribution in [1.82, 2.24) is 4.90 Å². The van der Waals surface area contributed by atoms with Crippen molar-refractivity contribution < 1.29 is 19.0 Å². The van der Waals surface area contributed by atoms with Gasteiger partial charge in [-0.3, -0.25) is 0 Å². The first kappa shape index (κ1) is 25.7. The van der Waals surface area contributed by atoms with Crippen LogP contribution in [0.3, 0.4) is 0 Å². The Hall–Kier alpha value is -2.53. The molecule has 0 bridgehead atoms. The van der Waals surface area contributed by atoms with Crippen LogP contribution in [0.1, 0.15) is 61.6 Å². The normalized spacial score (nSPS) is 12.1. The minimum Gasteiger partial charge on any atom is -0.493 e. The standard InChI is InChI=1S/C27H39NO4/c1-20(2)25-23(18-24(30-4)26(31-5)27(25)32-6)22(19-29)15-11-17-28(3)16-10-14-21-12-8-7-9-13-21/h7-9,12-13,18-20,22H,10-11,14-17H2,1-6H3. The Morgan fingerprint density at radius 2 is 1.59 bits per heavy atom. The van der Waals surface area contributed by atoms with Gasteiger partial charge in [0.05, 0.1) is 21.3 Å². The first-order valence-corrected chi connectivity index (χ1v) is 11.5. The zero-order valence-corrected chi connectivity index (χ0v) is 20.5. The summed E-state index contributed by atoms with van der Waals surface area (Å²) in [6.07, 6.45) is 5.00. The lowest BCUT2D eigenvalue weighted by Crippen LogP contribution is -2.22. The Kier molecular flexibility index (Phi) is 10.5. The summed E-state index contributed by atoms with van der Waals surface area (Å²) in [7, 11) is 7.00. The van der Waals surface area contributed by atoms with Crippen molar-refractivity contribution in [1.29, 1.82) is 0 Å². The predicted molar refractivity (Wildman–Crippen MR) is 130 cm³/mol. The highest BCUT2D eigenvalue weighted by molar-refractivity contribution is 5.69. The largest absolute Gasteiger partial charge is 0.493 e. The maximum Gasteiger partial charge on any atom is 0.203 e. The Labute approximate surface area is 193 Å². The van der Waals surface area contributed by atoms with E-state index in [-0.39, 0.29) is 11.8 Å². The molecule has 0 heterocycles. The number of carbonyl (C=O) groups is 1. The number of nitrogens with zero attached hydrogens (tertiary/aromatic N) is 1. The van der Waals surface area contributed by atoms with E-state index in [1.807, 2.05) is 6.07 Å². The van der Waals surface area contributed by atoms with Crippen molar-refractivity contribution in [3.63, 3.8) is 0 Å². The van der Waals surface area contributed by atoms with E-state index in [0.29, 0.717) is 17.2 Å². The lowest BCUT2D eigenvalue weighted by Gasteiger charge is -2.25. The zero-order chi connectivity index (χ0) is 23.5.